The molecule has 26 heavy (non-hydrogen) atoms. The molecule has 1 aromatic carbocycles. The molecular weight excluding hydrogens is 357 g/mol. The second-order valence-electron chi connectivity index (χ2n) is 5.88. The zero-order valence-electron chi connectivity index (χ0n) is 14.0. The van der Waals surface area contributed by atoms with Crippen LogP contribution in [0.15, 0.2) is 30.5 Å². The van der Waals surface area contributed by atoms with Crippen molar-refractivity contribution in [2.45, 2.75) is 12.1 Å². The molecule has 1 saturated heterocycles. The van der Waals surface area contributed by atoms with E-state index in [1.807, 2.05) is 12.3 Å². The molecule has 0 aliphatic carbocycles. The third-order valence-electron chi connectivity index (χ3n) is 4.13. The van der Waals surface area contributed by atoms with Crippen LogP contribution in [0.5, 0.6) is 0 Å². The molecule has 0 radical (unpaired) electrons. The highest BCUT2D eigenvalue weighted by atomic mass is 32.1. The smallest absolute Gasteiger partial charge is 0.265 e. The number of carbonyl (C=O) groups is 2. The van der Waals surface area contributed by atoms with E-state index in [9.17, 15) is 14.0 Å². The van der Waals surface area contributed by atoms with Gasteiger partial charge in [0, 0.05) is 31.8 Å². The van der Waals surface area contributed by atoms with Crippen LogP contribution in [0.3, 0.4) is 0 Å². The van der Waals surface area contributed by atoms with Crippen molar-refractivity contribution < 1.29 is 14.0 Å². The van der Waals surface area contributed by atoms with E-state index >= 15 is 0 Å². The molecule has 1 aliphatic heterocycles. The molecule has 2 N–H and O–H groups in total. The number of anilines is 1. The lowest BCUT2D eigenvalue weighted by Gasteiger charge is -2.16. The fourth-order valence-corrected chi connectivity index (χ4v) is 3.48. The Morgan fingerprint density at radius 3 is 2.96 bits per heavy atom. The van der Waals surface area contributed by atoms with Crippen molar-refractivity contribution in [2.75, 3.05) is 25.5 Å². The fraction of sp³-hybridized carbons (Fsp3) is 0.294. The molecule has 3 rings (SSSR count). The number of halogens is 1. The number of likely N-dealkylation sites (tertiary alicyclic amines) is 1. The van der Waals surface area contributed by atoms with E-state index in [0.717, 1.165) is 10.4 Å². The molecule has 2 heterocycles. The predicted molar refractivity (Wildman–Crippen MR) is 95.2 cm³/mol. The quantitative estimate of drug-likeness (QED) is 0.799. The number of aromatic nitrogens is 1. The van der Waals surface area contributed by atoms with Crippen molar-refractivity contribution in [3.05, 3.63) is 36.0 Å². The highest BCUT2D eigenvalue weighted by molar-refractivity contribution is 7.19. The molecule has 2 amide bonds. The van der Waals surface area contributed by atoms with Gasteiger partial charge < -0.3 is 10.2 Å². The Kier molecular flexibility index (Phi) is 4.86. The van der Waals surface area contributed by atoms with Gasteiger partial charge >= 0.3 is 0 Å². The first-order chi connectivity index (χ1) is 12.4. The summed E-state index contributed by atoms with van der Waals surface area (Å²) in [6.07, 6.45) is 3.38. The predicted octanol–water partition coefficient (Wildman–Crippen LogP) is 2.00. The molecule has 0 spiro atoms. The Morgan fingerprint density at radius 2 is 2.27 bits per heavy atom. The third kappa shape index (κ3) is 3.50. The summed E-state index contributed by atoms with van der Waals surface area (Å²) < 4.78 is 14.7. The summed E-state index contributed by atoms with van der Waals surface area (Å²) in [6, 6.07) is 6.99. The number of nitriles is 1. The zero-order chi connectivity index (χ0) is 18.7. The Labute approximate surface area is 153 Å². The van der Waals surface area contributed by atoms with Crippen molar-refractivity contribution in [3.8, 4) is 16.6 Å². The zero-order valence-corrected chi connectivity index (χ0v) is 14.8. The van der Waals surface area contributed by atoms with Gasteiger partial charge in [0.1, 0.15) is 0 Å². The van der Waals surface area contributed by atoms with E-state index in [2.05, 4.69) is 15.6 Å². The highest BCUT2D eigenvalue weighted by Crippen LogP contribution is 2.32. The van der Waals surface area contributed by atoms with Crippen LogP contribution < -0.4 is 10.6 Å². The first kappa shape index (κ1) is 17.8. The maximum Gasteiger partial charge on any atom is 0.265 e. The van der Waals surface area contributed by atoms with Gasteiger partial charge in [0.05, 0.1) is 11.4 Å². The summed E-state index contributed by atoms with van der Waals surface area (Å²) in [5.41, 5.74) is -0.814. The van der Waals surface area contributed by atoms with Gasteiger partial charge in [0.15, 0.2) is 11.3 Å². The minimum atomic E-state index is -2.10. The number of amides is 2. The van der Waals surface area contributed by atoms with Crippen LogP contribution in [0, 0.1) is 11.5 Å². The molecule has 1 unspecified atom stereocenters. The molecule has 1 aliphatic rings. The Bertz CT molecular complexity index is 893. The first-order valence-electron chi connectivity index (χ1n) is 7.88. The SMILES string of the molecule is CNC(=O)c1cccc(-c2cnc(NC(=O)C3(F)CCN(C#N)C3)s2)c1. The third-order valence-corrected chi connectivity index (χ3v) is 5.09. The van der Waals surface area contributed by atoms with E-state index < -0.39 is 11.6 Å². The van der Waals surface area contributed by atoms with E-state index in [0.29, 0.717) is 5.56 Å². The Balaban J connectivity index is 1.74. The fourth-order valence-electron chi connectivity index (χ4n) is 2.68. The minimum absolute atomic E-state index is 0.0290. The van der Waals surface area contributed by atoms with Gasteiger partial charge in [-0.25, -0.2) is 9.37 Å². The minimum Gasteiger partial charge on any atom is -0.355 e. The van der Waals surface area contributed by atoms with Gasteiger partial charge in [-0.2, -0.15) is 5.26 Å². The van der Waals surface area contributed by atoms with Crippen molar-refractivity contribution in [2.24, 2.45) is 0 Å². The Hall–Kier alpha value is -2.99. The van der Waals surface area contributed by atoms with Crippen molar-refractivity contribution in [1.82, 2.24) is 15.2 Å². The van der Waals surface area contributed by atoms with E-state index in [-0.39, 0.29) is 30.5 Å². The van der Waals surface area contributed by atoms with Crippen LogP contribution in [-0.2, 0) is 4.79 Å². The number of hydrogen-bond acceptors (Lipinski definition) is 6. The van der Waals surface area contributed by atoms with Gasteiger partial charge in [-0.3, -0.25) is 14.9 Å². The molecule has 1 aromatic heterocycles. The number of thiazole rings is 1. The summed E-state index contributed by atoms with van der Waals surface area (Å²) in [4.78, 5) is 30.0. The van der Waals surface area contributed by atoms with Crippen molar-refractivity contribution in [1.29, 1.82) is 5.26 Å². The van der Waals surface area contributed by atoms with Crippen LogP contribution in [-0.4, -0.2) is 47.5 Å². The summed E-state index contributed by atoms with van der Waals surface area (Å²) in [5.74, 6) is -0.997. The highest BCUT2D eigenvalue weighted by Gasteiger charge is 2.45. The summed E-state index contributed by atoms with van der Waals surface area (Å²) in [6.45, 7) is -0.0302. The molecule has 2 aromatic rings. The molecular formula is C17H16FN5O2S. The average molecular weight is 373 g/mol. The topological polar surface area (TPSA) is 98.1 Å². The lowest BCUT2D eigenvalue weighted by molar-refractivity contribution is -0.126. The number of benzene rings is 1. The maximum atomic E-state index is 14.7. The molecule has 9 heteroatoms. The van der Waals surface area contributed by atoms with Crippen LogP contribution in [0.2, 0.25) is 0 Å². The summed E-state index contributed by atoms with van der Waals surface area (Å²) >= 11 is 1.19. The number of rotatable bonds is 4. The van der Waals surface area contributed by atoms with Gasteiger partial charge in [-0.05, 0) is 17.7 Å². The number of nitrogens with one attached hydrogen (secondary N) is 2. The van der Waals surface area contributed by atoms with Crippen LogP contribution in [0.1, 0.15) is 16.8 Å². The first-order valence-corrected chi connectivity index (χ1v) is 8.70. The largest absolute Gasteiger partial charge is 0.355 e. The van der Waals surface area contributed by atoms with Gasteiger partial charge in [-0.1, -0.05) is 23.5 Å². The molecule has 1 atom stereocenters. The Morgan fingerprint density at radius 1 is 1.46 bits per heavy atom. The monoisotopic (exact) mass is 373 g/mol. The van der Waals surface area contributed by atoms with E-state index in [1.165, 1.54) is 16.2 Å². The van der Waals surface area contributed by atoms with Gasteiger partial charge in [0.25, 0.3) is 11.8 Å². The molecule has 0 bridgehead atoms. The van der Waals surface area contributed by atoms with Gasteiger partial charge in [0.2, 0.25) is 5.67 Å². The lowest BCUT2D eigenvalue weighted by atomic mass is 10.1. The molecule has 7 nitrogen and oxygen atoms in total. The second-order valence-corrected chi connectivity index (χ2v) is 6.91. The molecule has 0 saturated carbocycles. The van der Waals surface area contributed by atoms with Crippen molar-refractivity contribution >= 4 is 28.3 Å². The standard InChI is InChI=1S/C17H16FN5O2S/c1-20-14(24)12-4-2-3-11(7-12)13-8-21-16(26-13)22-15(25)17(18)5-6-23(9-17)10-19/h2-4,7-8H,5-6,9H2,1H3,(H,20,24)(H,21,22,25). The second kappa shape index (κ2) is 7.09. The van der Waals surface area contributed by atoms with Crippen LogP contribution >= 0.6 is 11.3 Å². The normalized spacial score (nSPS) is 19.0. The summed E-state index contributed by atoms with van der Waals surface area (Å²) in [5, 5.41) is 14.1. The number of hydrogen-bond donors (Lipinski definition) is 2. The molecule has 134 valence electrons. The number of alkyl halides is 1. The maximum absolute atomic E-state index is 14.7. The number of carbonyl (C=O) groups excluding carboxylic acids is 2. The average Bonchev–Trinajstić information content (AvgIpc) is 3.28. The number of nitrogens with zero attached hydrogens (tertiary/aromatic N) is 3. The van der Waals surface area contributed by atoms with Gasteiger partial charge in [-0.15, -0.1) is 0 Å². The van der Waals surface area contributed by atoms with Crippen molar-refractivity contribution in [3.63, 3.8) is 0 Å². The van der Waals surface area contributed by atoms with Crippen LogP contribution in [0.4, 0.5) is 9.52 Å². The summed E-state index contributed by atoms with van der Waals surface area (Å²) in [7, 11) is 1.55. The van der Waals surface area contributed by atoms with Crippen LogP contribution in [0.25, 0.3) is 10.4 Å². The van der Waals surface area contributed by atoms with E-state index in [1.54, 1.807) is 31.4 Å². The lowest BCUT2D eigenvalue weighted by Crippen LogP contribution is -2.40. The molecule has 1 fully saturated rings. The van der Waals surface area contributed by atoms with E-state index in [4.69, 9.17) is 5.26 Å².